The minimum absolute atomic E-state index is 0.116. The highest BCUT2D eigenvalue weighted by atomic mass is 16.1. The lowest BCUT2D eigenvalue weighted by Crippen LogP contribution is -2.52. The topological polar surface area (TPSA) is 44.4 Å². The SMILES string of the molecule is CCCNC(=O)CN[C@@H]1C[C@@H](C)N(C)C[C@@H]1C. The Morgan fingerprint density at radius 3 is 2.76 bits per heavy atom. The summed E-state index contributed by atoms with van der Waals surface area (Å²) in [6.45, 7) is 8.90. The molecule has 0 unspecified atom stereocenters. The molecule has 0 aromatic heterocycles. The van der Waals surface area contributed by atoms with E-state index >= 15 is 0 Å². The number of likely N-dealkylation sites (tertiary alicyclic amines) is 1. The first-order chi connectivity index (χ1) is 8.04. The van der Waals surface area contributed by atoms with Crippen molar-refractivity contribution in [2.45, 2.75) is 45.7 Å². The Bertz CT molecular complexity index is 245. The van der Waals surface area contributed by atoms with Crippen LogP contribution in [0.15, 0.2) is 0 Å². The molecule has 0 aromatic carbocycles. The van der Waals surface area contributed by atoms with E-state index in [1.54, 1.807) is 0 Å². The number of nitrogens with one attached hydrogen (secondary N) is 2. The van der Waals surface area contributed by atoms with E-state index in [2.05, 4.69) is 43.4 Å². The van der Waals surface area contributed by atoms with Gasteiger partial charge in [0.2, 0.25) is 5.91 Å². The van der Waals surface area contributed by atoms with E-state index in [0.29, 0.717) is 24.5 Å². The fourth-order valence-electron chi connectivity index (χ4n) is 2.38. The molecule has 100 valence electrons. The molecule has 4 heteroatoms. The molecule has 0 spiro atoms. The number of carbonyl (C=O) groups excluding carboxylic acids is 1. The summed E-state index contributed by atoms with van der Waals surface area (Å²) in [6.07, 6.45) is 2.12. The van der Waals surface area contributed by atoms with Crippen LogP contribution >= 0.6 is 0 Å². The Morgan fingerprint density at radius 1 is 1.41 bits per heavy atom. The summed E-state index contributed by atoms with van der Waals surface area (Å²) in [5.74, 6) is 0.723. The normalized spacial score (nSPS) is 30.2. The average molecular weight is 241 g/mol. The lowest BCUT2D eigenvalue weighted by Gasteiger charge is -2.40. The summed E-state index contributed by atoms with van der Waals surface area (Å²) in [4.78, 5) is 13.9. The first kappa shape index (κ1) is 14.5. The van der Waals surface area contributed by atoms with Crippen molar-refractivity contribution in [2.75, 3.05) is 26.7 Å². The van der Waals surface area contributed by atoms with Gasteiger partial charge >= 0.3 is 0 Å². The molecule has 1 saturated heterocycles. The molecule has 3 atom stereocenters. The Hall–Kier alpha value is -0.610. The zero-order valence-electron chi connectivity index (χ0n) is 11.6. The van der Waals surface area contributed by atoms with Gasteiger partial charge in [0.15, 0.2) is 0 Å². The lowest BCUT2D eigenvalue weighted by atomic mass is 9.90. The molecule has 17 heavy (non-hydrogen) atoms. The van der Waals surface area contributed by atoms with E-state index in [9.17, 15) is 4.79 Å². The molecule has 1 fully saturated rings. The minimum Gasteiger partial charge on any atom is -0.355 e. The van der Waals surface area contributed by atoms with Crippen LogP contribution in [0.5, 0.6) is 0 Å². The van der Waals surface area contributed by atoms with Gasteiger partial charge in [-0.1, -0.05) is 13.8 Å². The molecule has 0 radical (unpaired) electrons. The monoisotopic (exact) mass is 241 g/mol. The number of hydrogen-bond donors (Lipinski definition) is 2. The average Bonchev–Trinajstić information content (AvgIpc) is 2.29. The van der Waals surface area contributed by atoms with Crippen molar-refractivity contribution in [2.24, 2.45) is 5.92 Å². The number of piperidine rings is 1. The van der Waals surface area contributed by atoms with Crippen LogP contribution in [0.25, 0.3) is 0 Å². The molecule has 1 aliphatic rings. The molecule has 1 amide bonds. The van der Waals surface area contributed by atoms with Crippen molar-refractivity contribution >= 4 is 5.91 Å². The number of nitrogens with zero attached hydrogens (tertiary/aromatic N) is 1. The fourth-order valence-corrected chi connectivity index (χ4v) is 2.38. The smallest absolute Gasteiger partial charge is 0.233 e. The maximum atomic E-state index is 11.5. The van der Waals surface area contributed by atoms with Gasteiger partial charge in [-0.05, 0) is 32.7 Å². The molecule has 1 heterocycles. The van der Waals surface area contributed by atoms with Crippen molar-refractivity contribution in [3.8, 4) is 0 Å². The van der Waals surface area contributed by atoms with Crippen LogP contribution in [0.2, 0.25) is 0 Å². The van der Waals surface area contributed by atoms with E-state index < -0.39 is 0 Å². The van der Waals surface area contributed by atoms with E-state index in [-0.39, 0.29) is 5.91 Å². The van der Waals surface area contributed by atoms with Crippen LogP contribution in [0.4, 0.5) is 0 Å². The van der Waals surface area contributed by atoms with Crippen LogP contribution < -0.4 is 10.6 Å². The van der Waals surface area contributed by atoms with Crippen molar-refractivity contribution in [3.05, 3.63) is 0 Å². The van der Waals surface area contributed by atoms with E-state index in [0.717, 1.165) is 25.9 Å². The lowest BCUT2D eigenvalue weighted by molar-refractivity contribution is -0.120. The van der Waals surface area contributed by atoms with Gasteiger partial charge in [0.1, 0.15) is 0 Å². The van der Waals surface area contributed by atoms with Gasteiger partial charge in [0.25, 0.3) is 0 Å². The van der Waals surface area contributed by atoms with Gasteiger partial charge < -0.3 is 15.5 Å². The molecule has 2 N–H and O–H groups in total. The molecule has 1 rings (SSSR count). The minimum atomic E-state index is 0.116. The van der Waals surface area contributed by atoms with Gasteiger partial charge in [0, 0.05) is 25.2 Å². The third-order valence-electron chi connectivity index (χ3n) is 3.71. The maximum Gasteiger partial charge on any atom is 0.233 e. The third kappa shape index (κ3) is 4.64. The largest absolute Gasteiger partial charge is 0.355 e. The summed E-state index contributed by atoms with van der Waals surface area (Å²) in [7, 11) is 2.17. The second kappa shape index (κ2) is 6.97. The second-order valence-corrected chi connectivity index (χ2v) is 5.34. The number of rotatable bonds is 5. The quantitative estimate of drug-likeness (QED) is 0.749. The highest BCUT2D eigenvalue weighted by Gasteiger charge is 2.28. The highest BCUT2D eigenvalue weighted by Crippen LogP contribution is 2.20. The Kier molecular flexibility index (Phi) is 5.92. The molecular weight excluding hydrogens is 214 g/mol. The first-order valence-corrected chi connectivity index (χ1v) is 6.74. The van der Waals surface area contributed by atoms with Crippen LogP contribution in [0.1, 0.15) is 33.6 Å². The zero-order chi connectivity index (χ0) is 12.8. The number of amides is 1. The molecule has 0 bridgehead atoms. The van der Waals surface area contributed by atoms with Crippen LogP contribution in [0.3, 0.4) is 0 Å². The van der Waals surface area contributed by atoms with E-state index in [1.807, 2.05) is 0 Å². The van der Waals surface area contributed by atoms with E-state index in [4.69, 9.17) is 0 Å². The molecule has 0 aromatic rings. The standard InChI is InChI=1S/C13H27N3O/c1-5-6-14-13(17)8-15-12-7-11(3)16(4)9-10(12)2/h10-12,15H,5-9H2,1-4H3,(H,14,17)/t10-,11+,12+/m0/s1. The maximum absolute atomic E-state index is 11.5. The predicted octanol–water partition coefficient (Wildman–Crippen LogP) is 0.831. The van der Waals surface area contributed by atoms with Crippen molar-refractivity contribution in [1.29, 1.82) is 0 Å². The van der Waals surface area contributed by atoms with Gasteiger partial charge in [-0.15, -0.1) is 0 Å². The predicted molar refractivity (Wildman–Crippen MR) is 71.0 cm³/mol. The zero-order valence-corrected chi connectivity index (χ0v) is 11.6. The summed E-state index contributed by atoms with van der Waals surface area (Å²) in [5.41, 5.74) is 0. The van der Waals surface area contributed by atoms with Crippen LogP contribution in [0, 0.1) is 5.92 Å². The van der Waals surface area contributed by atoms with Crippen LogP contribution in [-0.2, 0) is 4.79 Å². The molecule has 0 aliphatic carbocycles. The summed E-state index contributed by atoms with van der Waals surface area (Å²) >= 11 is 0. The summed E-state index contributed by atoms with van der Waals surface area (Å²) in [6, 6.07) is 1.07. The molecular formula is C13H27N3O. The van der Waals surface area contributed by atoms with Crippen LogP contribution in [-0.4, -0.2) is 49.6 Å². The fraction of sp³-hybridized carbons (Fsp3) is 0.923. The first-order valence-electron chi connectivity index (χ1n) is 6.74. The Labute approximate surface area is 105 Å². The van der Waals surface area contributed by atoms with Crippen molar-refractivity contribution in [1.82, 2.24) is 15.5 Å². The summed E-state index contributed by atoms with van der Waals surface area (Å²) < 4.78 is 0. The van der Waals surface area contributed by atoms with Gasteiger partial charge in [-0.25, -0.2) is 0 Å². The molecule has 1 aliphatic heterocycles. The van der Waals surface area contributed by atoms with Gasteiger partial charge in [-0.3, -0.25) is 4.79 Å². The Balaban J connectivity index is 2.28. The number of carbonyl (C=O) groups is 1. The van der Waals surface area contributed by atoms with Crippen molar-refractivity contribution in [3.63, 3.8) is 0 Å². The van der Waals surface area contributed by atoms with Gasteiger partial charge in [0.05, 0.1) is 6.54 Å². The van der Waals surface area contributed by atoms with E-state index in [1.165, 1.54) is 0 Å². The Morgan fingerprint density at radius 2 is 2.12 bits per heavy atom. The van der Waals surface area contributed by atoms with Gasteiger partial charge in [-0.2, -0.15) is 0 Å². The van der Waals surface area contributed by atoms with Crippen molar-refractivity contribution < 1.29 is 4.79 Å². The number of hydrogen-bond acceptors (Lipinski definition) is 3. The summed E-state index contributed by atoms with van der Waals surface area (Å²) in [5, 5.41) is 6.29. The highest BCUT2D eigenvalue weighted by molar-refractivity contribution is 5.77. The molecule has 4 nitrogen and oxygen atoms in total. The molecule has 0 saturated carbocycles. The second-order valence-electron chi connectivity index (χ2n) is 5.34. The third-order valence-corrected chi connectivity index (χ3v) is 3.71.